The number of rotatable bonds is 5. The molecule has 2 rings (SSSR count). The van der Waals surface area contributed by atoms with Crippen molar-refractivity contribution in [3.63, 3.8) is 0 Å². The van der Waals surface area contributed by atoms with Crippen LogP contribution in [0.1, 0.15) is 17.3 Å². The Kier molecular flexibility index (Phi) is 5.41. The van der Waals surface area contributed by atoms with Crippen LogP contribution in [-0.2, 0) is 4.74 Å². The van der Waals surface area contributed by atoms with Crippen LogP contribution in [0.5, 0.6) is 0 Å². The van der Waals surface area contributed by atoms with Gasteiger partial charge in [0.25, 0.3) is 5.69 Å². The molecule has 0 aromatic heterocycles. The fourth-order valence-electron chi connectivity index (χ4n) is 1.69. The van der Waals surface area contributed by atoms with Crippen molar-refractivity contribution < 1.29 is 14.5 Å². The Hall–Kier alpha value is -2.05. The second-order valence-electron chi connectivity index (χ2n) is 4.22. The summed E-state index contributed by atoms with van der Waals surface area (Å²) in [5, 5.41) is 11.0. The smallest absolute Gasteiger partial charge is 0.338 e. The zero-order valence-electron chi connectivity index (χ0n) is 11.6. The molecule has 22 heavy (non-hydrogen) atoms. The third-order valence-electron chi connectivity index (χ3n) is 2.72. The summed E-state index contributed by atoms with van der Waals surface area (Å²) in [6.07, 6.45) is 0. The number of nitrogens with zero attached hydrogens (tertiary/aromatic N) is 1. The third-order valence-corrected chi connectivity index (χ3v) is 4.23. The van der Waals surface area contributed by atoms with Crippen molar-refractivity contribution in [2.75, 3.05) is 6.61 Å². The molecule has 0 radical (unpaired) electrons. The lowest BCUT2D eigenvalue weighted by Crippen LogP contribution is -2.03. The van der Waals surface area contributed by atoms with Crippen molar-refractivity contribution in [3.05, 3.63) is 63.2 Å². The summed E-state index contributed by atoms with van der Waals surface area (Å²) >= 11 is 7.41. The van der Waals surface area contributed by atoms with Gasteiger partial charge in [0.1, 0.15) is 0 Å². The number of esters is 1. The second-order valence-corrected chi connectivity index (χ2v) is 5.74. The van der Waals surface area contributed by atoms with Crippen LogP contribution in [-0.4, -0.2) is 17.5 Å². The highest BCUT2D eigenvalue weighted by molar-refractivity contribution is 7.99. The van der Waals surface area contributed by atoms with Gasteiger partial charge in [0.2, 0.25) is 0 Å². The van der Waals surface area contributed by atoms with Gasteiger partial charge in [-0.05, 0) is 37.3 Å². The van der Waals surface area contributed by atoms with E-state index in [1.165, 1.54) is 23.9 Å². The predicted octanol–water partition coefficient (Wildman–Crippen LogP) is 4.58. The van der Waals surface area contributed by atoms with Gasteiger partial charge in [0.15, 0.2) is 0 Å². The molecule has 0 aliphatic heterocycles. The molecule has 0 saturated heterocycles. The molecule has 0 aliphatic carbocycles. The lowest BCUT2D eigenvalue weighted by Gasteiger charge is -2.05. The Balaban J connectivity index is 2.14. The van der Waals surface area contributed by atoms with Gasteiger partial charge in [-0.15, -0.1) is 0 Å². The van der Waals surface area contributed by atoms with Crippen molar-refractivity contribution in [1.82, 2.24) is 0 Å². The van der Waals surface area contributed by atoms with E-state index in [2.05, 4.69) is 0 Å². The molecule has 0 spiro atoms. The molecule has 0 fully saturated rings. The molecule has 0 saturated carbocycles. The molecule has 5 nitrogen and oxygen atoms in total. The van der Waals surface area contributed by atoms with E-state index in [1.54, 1.807) is 37.3 Å². The summed E-state index contributed by atoms with van der Waals surface area (Å²) in [6, 6.07) is 11.2. The van der Waals surface area contributed by atoms with E-state index in [0.29, 0.717) is 22.1 Å². The SMILES string of the molecule is CCOC(=O)c1ccc(Sc2ccc([N+](=O)[O-])cc2Cl)cc1. The van der Waals surface area contributed by atoms with Crippen molar-refractivity contribution in [3.8, 4) is 0 Å². The fraction of sp³-hybridized carbons (Fsp3) is 0.133. The van der Waals surface area contributed by atoms with Gasteiger partial charge in [-0.1, -0.05) is 23.4 Å². The lowest BCUT2D eigenvalue weighted by atomic mass is 10.2. The van der Waals surface area contributed by atoms with Gasteiger partial charge >= 0.3 is 5.97 Å². The first-order chi connectivity index (χ1) is 10.5. The van der Waals surface area contributed by atoms with E-state index < -0.39 is 4.92 Å². The molecule has 0 aliphatic rings. The molecule has 2 aromatic carbocycles. The van der Waals surface area contributed by atoms with E-state index in [0.717, 1.165) is 4.90 Å². The van der Waals surface area contributed by atoms with Crippen LogP contribution in [0.15, 0.2) is 52.3 Å². The molecule has 7 heteroatoms. The van der Waals surface area contributed by atoms with E-state index in [9.17, 15) is 14.9 Å². The third kappa shape index (κ3) is 3.99. The van der Waals surface area contributed by atoms with E-state index >= 15 is 0 Å². The van der Waals surface area contributed by atoms with Crippen molar-refractivity contribution in [1.29, 1.82) is 0 Å². The van der Waals surface area contributed by atoms with Crippen LogP contribution in [0, 0.1) is 10.1 Å². The first kappa shape index (κ1) is 16.3. The number of halogens is 1. The van der Waals surface area contributed by atoms with Gasteiger partial charge in [-0.25, -0.2) is 4.79 Å². The molecule has 0 unspecified atom stereocenters. The second kappa shape index (κ2) is 7.29. The molecule has 0 heterocycles. The minimum Gasteiger partial charge on any atom is -0.462 e. The van der Waals surface area contributed by atoms with Crippen LogP contribution in [0.3, 0.4) is 0 Å². The predicted molar refractivity (Wildman–Crippen MR) is 84.6 cm³/mol. The highest BCUT2D eigenvalue weighted by Gasteiger charge is 2.11. The van der Waals surface area contributed by atoms with Gasteiger partial charge in [0.05, 0.1) is 22.1 Å². The Labute approximate surface area is 136 Å². The first-order valence-corrected chi connectivity index (χ1v) is 7.59. The van der Waals surface area contributed by atoms with Crippen LogP contribution in [0.25, 0.3) is 0 Å². The number of benzene rings is 2. The largest absolute Gasteiger partial charge is 0.462 e. The van der Waals surface area contributed by atoms with Crippen LogP contribution in [0.4, 0.5) is 5.69 Å². The van der Waals surface area contributed by atoms with Crippen LogP contribution < -0.4 is 0 Å². The van der Waals surface area contributed by atoms with Crippen LogP contribution in [0.2, 0.25) is 5.02 Å². The summed E-state index contributed by atoms with van der Waals surface area (Å²) in [5.74, 6) is -0.368. The Morgan fingerprint density at radius 3 is 2.50 bits per heavy atom. The van der Waals surface area contributed by atoms with Gasteiger partial charge < -0.3 is 4.74 Å². The van der Waals surface area contributed by atoms with Gasteiger partial charge in [0, 0.05) is 21.9 Å². The zero-order chi connectivity index (χ0) is 16.1. The molecule has 0 N–H and O–H groups in total. The Bertz CT molecular complexity index is 703. The number of nitro groups is 1. The molecule has 114 valence electrons. The van der Waals surface area contributed by atoms with Gasteiger partial charge in [-0.2, -0.15) is 0 Å². The van der Waals surface area contributed by atoms with Gasteiger partial charge in [-0.3, -0.25) is 10.1 Å². The Morgan fingerprint density at radius 2 is 1.95 bits per heavy atom. The quantitative estimate of drug-likeness (QED) is 0.454. The average molecular weight is 338 g/mol. The number of hydrogen-bond acceptors (Lipinski definition) is 5. The minimum atomic E-state index is -0.492. The van der Waals surface area contributed by atoms with E-state index in [1.807, 2.05) is 0 Å². The molecule has 0 atom stereocenters. The average Bonchev–Trinajstić information content (AvgIpc) is 2.50. The maximum Gasteiger partial charge on any atom is 0.338 e. The van der Waals surface area contributed by atoms with E-state index in [-0.39, 0.29) is 11.7 Å². The number of carbonyl (C=O) groups excluding carboxylic acids is 1. The Morgan fingerprint density at radius 1 is 1.27 bits per heavy atom. The zero-order valence-corrected chi connectivity index (χ0v) is 13.2. The molecular formula is C15H12ClNO4S. The van der Waals surface area contributed by atoms with Crippen molar-refractivity contribution in [2.24, 2.45) is 0 Å². The van der Waals surface area contributed by atoms with Crippen LogP contribution >= 0.6 is 23.4 Å². The monoisotopic (exact) mass is 337 g/mol. The fourth-order valence-corrected chi connectivity index (χ4v) is 2.80. The maximum absolute atomic E-state index is 11.6. The minimum absolute atomic E-state index is 0.0491. The topological polar surface area (TPSA) is 69.4 Å². The number of carbonyl (C=O) groups is 1. The summed E-state index contributed by atoms with van der Waals surface area (Å²) < 4.78 is 4.91. The normalized spacial score (nSPS) is 10.3. The summed E-state index contributed by atoms with van der Waals surface area (Å²) in [4.78, 5) is 23.3. The highest BCUT2D eigenvalue weighted by Crippen LogP contribution is 2.35. The standard InChI is InChI=1S/C15H12ClNO4S/c1-2-21-15(18)10-3-6-12(7-4-10)22-14-8-5-11(17(19)20)9-13(14)16/h3-9H,2H2,1H3. The number of non-ortho nitro benzene ring substituents is 1. The van der Waals surface area contributed by atoms with Crippen molar-refractivity contribution in [2.45, 2.75) is 16.7 Å². The summed E-state index contributed by atoms with van der Waals surface area (Å²) in [7, 11) is 0. The summed E-state index contributed by atoms with van der Waals surface area (Å²) in [5.41, 5.74) is 0.424. The number of nitro benzene ring substituents is 1. The molecular weight excluding hydrogens is 326 g/mol. The number of ether oxygens (including phenoxy) is 1. The van der Waals surface area contributed by atoms with Crippen molar-refractivity contribution >= 4 is 35.0 Å². The number of hydrogen-bond donors (Lipinski definition) is 0. The molecule has 0 bridgehead atoms. The van der Waals surface area contributed by atoms with E-state index in [4.69, 9.17) is 16.3 Å². The first-order valence-electron chi connectivity index (χ1n) is 6.40. The highest BCUT2D eigenvalue weighted by atomic mass is 35.5. The lowest BCUT2D eigenvalue weighted by molar-refractivity contribution is -0.384. The molecule has 0 amide bonds. The summed E-state index contributed by atoms with van der Waals surface area (Å²) in [6.45, 7) is 2.08. The maximum atomic E-state index is 11.6. The molecule has 2 aromatic rings.